The highest BCUT2D eigenvalue weighted by Crippen LogP contribution is 2.27. The van der Waals surface area contributed by atoms with Crippen molar-refractivity contribution >= 4 is 5.71 Å². The van der Waals surface area contributed by atoms with E-state index in [1.165, 1.54) is 22.3 Å². The minimum absolute atomic E-state index is 0.0162. The van der Waals surface area contributed by atoms with E-state index in [-0.39, 0.29) is 18.1 Å². The van der Waals surface area contributed by atoms with Crippen LogP contribution in [0.25, 0.3) is 0 Å². The summed E-state index contributed by atoms with van der Waals surface area (Å²) in [6.45, 7) is 4.11. The first kappa shape index (κ1) is 28.6. The molecule has 0 spiro atoms. The second kappa shape index (κ2) is 14.6. The molecule has 0 saturated heterocycles. The second-order valence-corrected chi connectivity index (χ2v) is 10.1. The molecule has 6 rings (SSSR count). The first-order chi connectivity index (χ1) is 20.7. The zero-order valence-corrected chi connectivity index (χ0v) is 24.0. The van der Waals surface area contributed by atoms with Gasteiger partial charge in [-0.3, -0.25) is 10.3 Å². The lowest BCUT2D eigenvalue weighted by Gasteiger charge is -2.23. The second-order valence-electron chi connectivity index (χ2n) is 10.1. The fourth-order valence-corrected chi connectivity index (χ4v) is 4.90. The maximum absolute atomic E-state index is 5.51. The molecule has 0 unspecified atom stereocenters. The fraction of sp³-hybridized carbons (Fsp3) is 0.132. The number of nitrogens with one attached hydrogen (secondary N) is 1. The summed E-state index contributed by atoms with van der Waals surface area (Å²) < 4.78 is 10.9. The van der Waals surface area contributed by atoms with Gasteiger partial charge in [0.2, 0.25) is 0 Å². The largest absolute Gasteiger partial charge is 0.468 e. The molecule has 0 saturated carbocycles. The van der Waals surface area contributed by atoms with Gasteiger partial charge in [0.25, 0.3) is 0 Å². The summed E-state index contributed by atoms with van der Waals surface area (Å²) in [6, 6.07) is 49.7. The van der Waals surface area contributed by atoms with Crippen molar-refractivity contribution in [1.82, 2.24) is 5.32 Å². The van der Waals surface area contributed by atoms with Crippen LogP contribution in [0.1, 0.15) is 65.7 Å². The van der Waals surface area contributed by atoms with Gasteiger partial charge in [0.1, 0.15) is 17.6 Å². The Labute approximate surface area is 248 Å². The van der Waals surface area contributed by atoms with Crippen LogP contribution in [0.3, 0.4) is 0 Å². The molecular formula is C38H36N2O2. The number of hydrogen-bond acceptors (Lipinski definition) is 4. The van der Waals surface area contributed by atoms with Crippen LogP contribution in [0.2, 0.25) is 0 Å². The molecule has 6 aromatic rings. The van der Waals surface area contributed by atoms with Gasteiger partial charge in [-0.05, 0) is 60.4 Å². The number of furan rings is 2. The van der Waals surface area contributed by atoms with Crippen molar-refractivity contribution in [3.8, 4) is 0 Å². The van der Waals surface area contributed by atoms with E-state index in [1.807, 2.05) is 79.7 Å². The molecule has 0 aliphatic rings. The first-order valence-corrected chi connectivity index (χ1v) is 14.3. The number of benzene rings is 4. The smallest absolute Gasteiger partial charge is 0.147 e. The Hall–Kier alpha value is -4.93. The Bertz CT molecular complexity index is 1520. The van der Waals surface area contributed by atoms with Crippen LogP contribution in [0.5, 0.6) is 0 Å². The lowest BCUT2D eigenvalue weighted by molar-refractivity contribution is 0.411. The van der Waals surface area contributed by atoms with Gasteiger partial charge >= 0.3 is 0 Å². The van der Waals surface area contributed by atoms with Gasteiger partial charge < -0.3 is 8.83 Å². The van der Waals surface area contributed by atoms with Crippen molar-refractivity contribution in [2.75, 3.05) is 0 Å². The van der Waals surface area contributed by atoms with Crippen LogP contribution in [0.15, 0.2) is 172 Å². The summed E-state index contributed by atoms with van der Waals surface area (Å²) in [5, 5.41) is 3.66. The molecule has 4 aromatic carbocycles. The van der Waals surface area contributed by atoms with E-state index in [4.69, 9.17) is 13.8 Å². The van der Waals surface area contributed by atoms with Crippen LogP contribution >= 0.6 is 0 Å². The van der Waals surface area contributed by atoms with Crippen molar-refractivity contribution in [2.45, 2.75) is 32.0 Å². The average molecular weight is 553 g/mol. The Morgan fingerprint density at radius 3 is 1.43 bits per heavy atom. The molecule has 1 N–H and O–H groups in total. The van der Waals surface area contributed by atoms with Gasteiger partial charge in [0, 0.05) is 0 Å². The zero-order valence-electron chi connectivity index (χ0n) is 24.0. The number of nitrogens with zero attached hydrogens (tertiary/aromatic N) is 1. The van der Waals surface area contributed by atoms with E-state index >= 15 is 0 Å². The fourth-order valence-electron chi connectivity index (χ4n) is 4.90. The summed E-state index contributed by atoms with van der Waals surface area (Å²) in [6.07, 6.45) is 3.39. The van der Waals surface area contributed by atoms with Crippen molar-refractivity contribution < 1.29 is 8.83 Å². The zero-order chi connectivity index (χ0) is 29.0. The van der Waals surface area contributed by atoms with Crippen molar-refractivity contribution in [1.29, 1.82) is 0 Å². The highest BCUT2D eigenvalue weighted by Gasteiger charge is 2.18. The molecule has 210 valence electrons. The average Bonchev–Trinajstić information content (AvgIpc) is 3.80. The van der Waals surface area contributed by atoms with Crippen LogP contribution < -0.4 is 5.32 Å². The van der Waals surface area contributed by atoms with Gasteiger partial charge in [-0.2, -0.15) is 0 Å². The molecule has 1 atom stereocenters. The predicted octanol–water partition coefficient (Wildman–Crippen LogP) is 9.60. The van der Waals surface area contributed by atoms with Crippen molar-refractivity contribution in [3.63, 3.8) is 0 Å². The quantitative estimate of drug-likeness (QED) is 0.182. The molecular weight excluding hydrogens is 516 g/mol. The van der Waals surface area contributed by atoms with Crippen LogP contribution in [0, 0.1) is 0 Å². The Morgan fingerprint density at radius 1 is 0.548 bits per heavy atom. The standard InChI is InChI=1S/C19H19NO.C19H17NO/c2*1-15(18-13-8-14-21-18)20-19(16-9-4-2-5-10-16)17-11-6-3-7-12-17/h2-15,19-20H,1H3;2-14,19H,1H3/t15-;/m1./s1. The molecule has 0 aliphatic carbocycles. The molecule has 2 heterocycles. The van der Waals surface area contributed by atoms with E-state index in [0.29, 0.717) is 0 Å². The number of rotatable bonds is 9. The van der Waals surface area contributed by atoms with E-state index in [9.17, 15) is 0 Å². The van der Waals surface area contributed by atoms with E-state index in [2.05, 4.69) is 85.0 Å². The molecule has 4 nitrogen and oxygen atoms in total. The van der Waals surface area contributed by atoms with Crippen molar-refractivity contribution in [2.24, 2.45) is 4.99 Å². The number of aliphatic imine (C=N–C) groups is 1. The Balaban J connectivity index is 0.000000168. The molecule has 0 fully saturated rings. The third kappa shape index (κ3) is 7.62. The van der Waals surface area contributed by atoms with Gasteiger partial charge in [-0.15, -0.1) is 0 Å². The summed E-state index contributed by atoms with van der Waals surface area (Å²) >= 11 is 0. The maximum Gasteiger partial charge on any atom is 0.147 e. The Morgan fingerprint density at radius 2 is 1.00 bits per heavy atom. The lowest BCUT2D eigenvalue weighted by atomic mass is 9.97. The van der Waals surface area contributed by atoms with E-state index in [0.717, 1.165) is 17.2 Å². The van der Waals surface area contributed by atoms with E-state index < -0.39 is 0 Å². The topological polar surface area (TPSA) is 50.7 Å². The van der Waals surface area contributed by atoms with Crippen molar-refractivity contribution in [3.05, 3.63) is 192 Å². The third-order valence-corrected chi connectivity index (χ3v) is 7.08. The molecule has 2 aromatic heterocycles. The maximum atomic E-state index is 5.51. The minimum Gasteiger partial charge on any atom is -0.468 e. The number of hydrogen-bond donors (Lipinski definition) is 1. The highest BCUT2D eigenvalue weighted by atomic mass is 16.3. The van der Waals surface area contributed by atoms with E-state index in [1.54, 1.807) is 12.5 Å². The summed E-state index contributed by atoms with van der Waals surface area (Å²) in [5.41, 5.74) is 5.76. The third-order valence-electron chi connectivity index (χ3n) is 7.08. The van der Waals surface area contributed by atoms with Crippen LogP contribution in [-0.4, -0.2) is 5.71 Å². The molecule has 0 bridgehead atoms. The monoisotopic (exact) mass is 552 g/mol. The van der Waals surface area contributed by atoms with Gasteiger partial charge in [-0.25, -0.2) is 0 Å². The first-order valence-electron chi connectivity index (χ1n) is 14.3. The SMILES string of the molecule is CC(=NC(c1ccccc1)c1ccccc1)c1ccco1.C[C@@H](NC(c1ccccc1)c1ccccc1)c1ccco1. The summed E-state index contributed by atoms with van der Waals surface area (Å²) in [4.78, 5) is 4.88. The summed E-state index contributed by atoms with van der Waals surface area (Å²) in [5.74, 6) is 1.76. The molecule has 0 amide bonds. The molecule has 0 aliphatic heterocycles. The normalized spacial score (nSPS) is 12.1. The van der Waals surface area contributed by atoms with Gasteiger partial charge in [-0.1, -0.05) is 121 Å². The van der Waals surface area contributed by atoms with Crippen LogP contribution in [-0.2, 0) is 0 Å². The van der Waals surface area contributed by atoms with Crippen LogP contribution in [0.4, 0.5) is 0 Å². The summed E-state index contributed by atoms with van der Waals surface area (Å²) in [7, 11) is 0. The van der Waals surface area contributed by atoms with Gasteiger partial charge in [0.15, 0.2) is 0 Å². The lowest BCUT2D eigenvalue weighted by Crippen LogP contribution is -2.25. The minimum atomic E-state index is -0.0162. The Kier molecular flexibility index (Phi) is 9.96. The predicted molar refractivity (Wildman–Crippen MR) is 171 cm³/mol. The molecule has 42 heavy (non-hydrogen) atoms. The van der Waals surface area contributed by atoms with Gasteiger partial charge in [0.05, 0.1) is 30.3 Å². The highest BCUT2D eigenvalue weighted by molar-refractivity contribution is 5.96. The molecule has 0 radical (unpaired) electrons. The molecule has 4 heteroatoms.